The number of carbonyl (C=O) groups is 1. The lowest BCUT2D eigenvalue weighted by Crippen LogP contribution is -2.50. The third-order valence-corrected chi connectivity index (χ3v) is 4.85. The molecule has 0 spiro atoms. The molecule has 27 heavy (non-hydrogen) atoms. The fourth-order valence-corrected chi connectivity index (χ4v) is 3.61. The van der Waals surface area contributed by atoms with Crippen molar-refractivity contribution in [2.24, 2.45) is 0 Å². The highest BCUT2D eigenvalue weighted by atomic mass is 32.1. The smallest absolute Gasteiger partial charge is 0.315 e. The first-order valence-electron chi connectivity index (χ1n) is 9.24. The number of hydrogen-bond donors (Lipinski definition) is 3. The molecule has 0 radical (unpaired) electrons. The van der Waals surface area contributed by atoms with Crippen LogP contribution in [0.5, 0.6) is 11.5 Å². The Morgan fingerprint density at radius 2 is 1.93 bits per heavy atom. The molecule has 0 aliphatic carbocycles. The van der Waals surface area contributed by atoms with Crippen LogP contribution < -0.4 is 25.4 Å². The molecular formula is C19H30N4O3S. The molecule has 8 heteroatoms. The van der Waals surface area contributed by atoms with E-state index in [4.69, 9.17) is 21.7 Å². The predicted molar refractivity (Wildman–Crippen MR) is 111 cm³/mol. The lowest BCUT2D eigenvalue weighted by molar-refractivity contribution is 0.230. The fraction of sp³-hybridized carbons (Fsp3) is 0.579. The second-order valence-electron chi connectivity index (χ2n) is 6.71. The van der Waals surface area contributed by atoms with Crippen LogP contribution in [-0.4, -0.2) is 55.9 Å². The van der Waals surface area contributed by atoms with E-state index in [1.54, 1.807) is 14.2 Å². The standard InChI is InChI=1S/C19H30N4O3S/c1-6-20-19(27)23-8-7-13-9-16(25-4)17(26-5)10-14(13)15(23)11-21-18(24)22-12(2)3/h9-10,12,15H,6-8,11H2,1-5H3,(H,20,27)(H2,21,22,24). The van der Waals surface area contributed by atoms with Gasteiger partial charge in [0.25, 0.3) is 0 Å². The van der Waals surface area contributed by atoms with Crippen molar-refractivity contribution in [1.29, 1.82) is 0 Å². The van der Waals surface area contributed by atoms with Crippen LogP contribution in [0.4, 0.5) is 4.79 Å². The van der Waals surface area contributed by atoms with Crippen LogP contribution in [0.3, 0.4) is 0 Å². The highest BCUT2D eigenvalue weighted by Crippen LogP contribution is 2.37. The lowest BCUT2D eigenvalue weighted by Gasteiger charge is -2.39. The van der Waals surface area contributed by atoms with Crippen LogP contribution >= 0.6 is 12.2 Å². The highest BCUT2D eigenvalue weighted by molar-refractivity contribution is 7.80. The molecule has 0 aromatic heterocycles. The SMILES string of the molecule is CCNC(=S)N1CCc2cc(OC)c(OC)cc2C1CNC(=O)NC(C)C. The molecule has 0 saturated heterocycles. The number of nitrogens with one attached hydrogen (secondary N) is 3. The van der Waals surface area contributed by atoms with Crippen molar-refractivity contribution < 1.29 is 14.3 Å². The minimum Gasteiger partial charge on any atom is -0.493 e. The van der Waals surface area contributed by atoms with Crippen molar-refractivity contribution in [3.8, 4) is 11.5 Å². The van der Waals surface area contributed by atoms with Gasteiger partial charge in [-0.05, 0) is 62.7 Å². The molecule has 0 fully saturated rings. The Labute approximate surface area is 166 Å². The van der Waals surface area contributed by atoms with Crippen LogP contribution in [0.2, 0.25) is 0 Å². The Morgan fingerprint density at radius 3 is 2.52 bits per heavy atom. The first kappa shape index (κ1) is 21.1. The number of thiocarbonyl (C=S) groups is 1. The Hall–Kier alpha value is -2.22. The Balaban J connectivity index is 2.33. The van der Waals surface area contributed by atoms with E-state index in [1.165, 1.54) is 5.56 Å². The van der Waals surface area contributed by atoms with Gasteiger partial charge in [0.2, 0.25) is 0 Å². The molecule has 3 N–H and O–H groups in total. The summed E-state index contributed by atoms with van der Waals surface area (Å²) >= 11 is 5.57. The summed E-state index contributed by atoms with van der Waals surface area (Å²) in [4.78, 5) is 14.2. The van der Waals surface area contributed by atoms with Gasteiger partial charge in [-0.25, -0.2) is 4.79 Å². The van der Waals surface area contributed by atoms with Gasteiger partial charge >= 0.3 is 6.03 Å². The van der Waals surface area contributed by atoms with Crippen LogP contribution in [0, 0.1) is 0 Å². The minimum atomic E-state index is -0.188. The average Bonchev–Trinajstić information content (AvgIpc) is 2.64. The van der Waals surface area contributed by atoms with Gasteiger partial charge in [-0.15, -0.1) is 0 Å². The van der Waals surface area contributed by atoms with E-state index in [0.717, 1.165) is 25.1 Å². The van der Waals surface area contributed by atoms with Gasteiger partial charge in [0.15, 0.2) is 16.6 Å². The average molecular weight is 395 g/mol. The number of methoxy groups -OCH3 is 2. The van der Waals surface area contributed by atoms with Gasteiger partial charge in [-0.3, -0.25) is 0 Å². The van der Waals surface area contributed by atoms with Crippen molar-refractivity contribution in [2.75, 3.05) is 33.9 Å². The van der Waals surface area contributed by atoms with Gasteiger partial charge in [0.05, 0.1) is 20.3 Å². The molecule has 1 aromatic carbocycles. The van der Waals surface area contributed by atoms with E-state index >= 15 is 0 Å². The molecule has 0 saturated carbocycles. The number of fused-ring (bicyclic) bond motifs is 1. The summed E-state index contributed by atoms with van der Waals surface area (Å²) in [6, 6.07) is 3.81. The first-order valence-corrected chi connectivity index (χ1v) is 9.65. The first-order chi connectivity index (χ1) is 12.9. The molecule has 1 aromatic rings. The molecule has 1 aliphatic heterocycles. The predicted octanol–water partition coefficient (Wildman–Crippen LogP) is 2.21. The van der Waals surface area contributed by atoms with Crippen molar-refractivity contribution in [2.45, 2.75) is 39.3 Å². The summed E-state index contributed by atoms with van der Waals surface area (Å²) in [5.74, 6) is 1.38. The topological polar surface area (TPSA) is 74.9 Å². The second-order valence-corrected chi connectivity index (χ2v) is 7.10. The van der Waals surface area contributed by atoms with Gasteiger partial charge in [0.1, 0.15) is 0 Å². The van der Waals surface area contributed by atoms with Crippen molar-refractivity contribution >= 4 is 23.4 Å². The van der Waals surface area contributed by atoms with E-state index < -0.39 is 0 Å². The third-order valence-electron chi connectivity index (χ3n) is 4.47. The van der Waals surface area contributed by atoms with Crippen LogP contribution in [0.1, 0.15) is 37.9 Å². The number of rotatable bonds is 6. The molecule has 2 rings (SSSR count). The Kier molecular flexibility index (Phi) is 7.53. The van der Waals surface area contributed by atoms with Crippen molar-refractivity contribution in [3.05, 3.63) is 23.3 Å². The zero-order chi connectivity index (χ0) is 20.0. The molecule has 2 amide bonds. The van der Waals surface area contributed by atoms with E-state index in [0.29, 0.717) is 23.2 Å². The Morgan fingerprint density at radius 1 is 1.26 bits per heavy atom. The number of hydrogen-bond acceptors (Lipinski definition) is 4. The lowest BCUT2D eigenvalue weighted by atomic mass is 9.92. The number of carbonyl (C=O) groups excluding carboxylic acids is 1. The van der Waals surface area contributed by atoms with E-state index in [2.05, 4.69) is 20.9 Å². The van der Waals surface area contributed by atoms with Crippen LogP contribution in [0.25, 0.3) is 0 Å². The molecule has 1 atom stereocenters. The molecule has 1 aliphatic rings. The maximum absolute atomic E-state index is 12.1. The number of benzene rings is 1. The number of urea groups is 1. The van der Waals surface area contributed by atoms with E-state index in [-0.39, 0.29) is 18.1 Å². The fourth-order valence-electron chi connectivity index (χ4n) is 3.25. The van der Waals surface area contributed by atoms with Gasteiger partial charge in [-0.2, -0.15) is 0 Å². The molecule has 1 heterocycles. The third kappa shape index (κ3) is 5.15. The minimum absolute atomic E-state index is 0.0759. The number of ether oxygens (including phenoxy) is 2. The maximum atomic E-state index is 12.1. The van der Waals surface area contributed by atoms with Crippen LogP contribution in [-0.2, 0) is 6.42 Å². The van der Waals surface area contributed by atoms with E-state index in [1.807, 2.05) is 32.9 Å². The summed E-state index contributed by atoms with van der Waals surface area (Å²) in [7, 11) is 3.26. The second kappa shape index (κ2) is 9.64. The van der Waals surface area contributed by atoms with Gasteiger partial charge in [-0.1, -0.05) is 0 Å². The number of amides is 2. The molecule has 150 valence electrons. The summed E-state index contributed by atoms with van der Waals surface area (Å²) in [5, 5.41) is 9.73. The summed E-state index contributed by atoms with van der Waals surface area (Å²) < 4.78 is 10.9. The van der Waals surface area contributed by atoms with Gasteiger partial charge in [0, 0.05) is 25.7 Å². The quantitative estimate of drug-likeness (QED) is 0.643. The molecule has 1 unspecified atom stereocenters. The summed E-state index contributed by atoms with van der Waals surface area (Å²) in [6.07, 6.45) is 0.843. The van der Waals surface area contributed by atoms with E-state index in [9.17, 15) is 4.79 Å². The number of nitrogens with zero attached hydrogens (tertiary/aromatic N) is 1. The largest absolute Gasteiger partial charge is 0.493 e. The summed E-state index contributed by atoms with van der Waals surface area (Å²) in [5.41, 5.74) is 2.27. The van der Waals surface area contributed by atoms with Crippen molar-refractivity contribution in [1.82, 2.24) is 20.9 Å². The normalized spacial score (nSPS) is 15.8. The van der Waals surface area contributed by atoms with Crippen LogP contribution in [0.15, 0.2) is 12.1 Å². The van der Waals surface area contributed by atoms with Crippen molar-refractivity contribution in [3.63, 3.8) is 0 Å². The summed E-state index contributed by atoms with van der Waals surface area (Å²) in [6.45, 7) is 7.83. The maximum Gasteiger partial charge on any atom is 0.315 e. The molecule has 7 nitrogen and oxygen atoms in total. The monoisotopic (exact) mass is 394 g/mol. The van der Waals surface area contributed by atoms with Gasteiger partial charge < -0.3 is 30.3 Å². The Bertz CT molecular complexity index is 681. The molecular weight excluding hydrogens is 364 g/mol. The zero-order valence-electron chi connectivity index (χ0n) is 16.7. The highest BCUT2D eigenvalue weighted by Gasteiger charge is 2.31. The molecule has 0 bridgehead atoms. The zero-order valence-corrected chi connectivity index (χ0v) is 17.5.